The van der Waals surface area contributed by atoms with E-state index in [4.69, 9.17) is 9.97 Å². The molecule has 0 amide bonds. The minimum atomic E-state index is -4.31. The molecule has 0 fully saturated rings. The largest absolute Gasteiger partial charge is 1.00 e. The first-order chi connectivity index (χ1) is 20.4. The monoisotopic (exact) mass is 666 g/mol. The van der Waals surface area contributed by atoms with Crippen molar-refractivity contribution in [2.45, 2.75) is 32.2 Å². The molecule has 0 radical (unpaired) electrons. The summed E-state index contributed by atoms with van der Waals surface area (Å²) in [4.78, 5) is 22.4. The van der Waals surface area contributed by atoms with Crippen LogP contribution in [0, 0.1) is 0 Å². The Kier molecular flexibility index (Phi) is 11.3. The third kappa shape index (κ3) is 8.07. The Balaban J connectivity index is 0.00000442. The standard InChI is InChI=1S/C27H32N8O6S2.K/c1-32-22(34(16-5-7-18-42(36,37)38)25-24(32)28-14-15-29-25)12-9-13-23-33(2)26-27(31-21-11-4-3-10-20(21)30-26)35(23)17-6-8-19-43(39,40)41;/h3-4,9-15H,5-8,16-19H2,1-2H3,(H-,36,37,38,39,40,41);/q;+1/p-1. The molecule has 4 aromatic rings. The Morgan fingerprint density at radius 1 is 0.864 bits per heavy atom. The first-order valence-corrected chi connectivity index (χ1v) is 16.8. The SMILES string of the molecule is CN1C(=CC=Cc2n(CCCCS(=O)(=O)[O-])c3nccnc3[n+]2C)N(CCCCS(=O)(=O)[O-])c2nc3ccccc3nc21.[K+]. The summed E-state index contributed by atoms with van der Waals surface area (Å²) in [5.74, 6) is 1.94. The number of benzene rings is 1. The van der Waals surface area contributed by atoms with Crippen molar-refractivity contribution in [3.63, 3.8) is 0 Å². The number of hydrogen-bond donors (Lipinski definition) is 0. The maximum absolute atomic E-state index is 11.1. The van der Waals surface area contributed by atoms with Crippen molar-refractivity contribution in [3.8, 4) is 0 Å². The van der Waals surface area contributed by atoms with Gasteiger partial charge >= 0.3 is 57.0 Å². The van der Waals surface area contributed by atoms with Gasteiger partial charge in [-0.15, -0.1) is 4.98 Å². The van der Waals surface area contributed by atoms with Crippen LogP contribution < -0.4 is 65.8 Å². The molecule has 0 aliphatic carbocycles. The molecule has 0 unspecified atom stereocenters. The van der Waals surface area contributed by atoms with Gasteiger partial charge < -0.3 is 18.9 Å². The molecule has 0 atom stereocenters. The van der Waals surface area contributed by atoms with Gasteiger partial charge in [-0.25, -0.2) is 40.9 Å². The van der Waals surface area contributed by atoms with Crippen molar-refractivity contribution in [2.75, 3.05) is 34.9 Å². The molecule has 0 saturated heterocycles. The van der Waals surface area contributed by atoms with Crippen LogP contribution in [0.2, 0.25) is 0 Å². The van der Waals surface area contributed by atoms with Crippen molar-refractivity contribution in [1.29, 1.82) is 0 Å². The van der Waals surface area contributed by atoms with Gasteiger partial charge in [0.05, 0.1) is 51.1 Å². The van der Waals surface area contributed by atoms with E-state index in [1.807, 2.05) is 75.5 Å². The zero-order valence-corrected chi connectivity index (χ0v) is 29.5. The van der Waals surface area contributed by atoms with Gasteiger partial charge in [-0.3, -0.25) is 0 Å². The molecule has 1 aromatic carbocycles. The summed E-state index contributed by atoms with van der Waals surface area (Å²) in [5.41, 5.74) is 2.73. The van der Waals surface area contributed by atoms with Gasteiger partial charge in [0.15, 0.2) is 11.6 Å². The number of rotatable bonds is 12. The van der Waals surface area contributed by atoms with Crippen LogP contribution in [0.1, 0.15) is 31.5 Å². The minimum Gasteiger partial charge on any atom is -0.748 e. The van der Waals surface area contributed by atoms with Crippen LogP contribution in [-0.2, 0) is 33.8 Å². The summed E-state index contributed by atoms with van der Waals surface area (Å²) < 4.78 is 70.4. The van der Waals surface area contributed by atoms with Gasteiger partial charge in [0.1, 0.15) is 12.0 Å². The molecule has 3 aromatic heterocycles. The number of nitrogens with zero attached hydrogens (tertiary/aromatic N) is 8. The second-order valence-corrected chi connectivity index (χ2v) is 13.2. The van der Waals surface area contributed by atoms with E-state index in [9.17, 15) is 25.9 Å². The molecule has 17 heteroatoms. The van der Waals surface area contributed by atoms with E-state index in [2.05, 4.69) is 9.97 Å². The Hall–Kier alpha value is -2.35. The fourth-order valence-corrected chi connectivity index (χ4v) is 6.21. The topological polar surface area (TPSA) is 181 Å². The Bertz CT molecular complexity index is 1950. The molecule has 1 aliphatic rings. The Labute approximate surface area is 298 Å². The number of hydrogen-bond acceptors (Lipinski definition) is 12. The van der Waals surface area contributed by atoms with E-state index >= 15 is 0 Å². The second kappa shape index (κ2) is 14.4. The van der Waals surface area contributed by atoms with E-state index in [1.54, 1.807) is 12.4 Å². The molecule has 4 heterocycles. The summed E-state index contributed by atoms with van der Waals surface area (Å²) >= 11 is 0. The Morgan fingerprint density at radius 3 is 2.09 bits per heavy atom. The summed E-state index contributed by atoms with van der Waals surface area (Å²) in [6, 6.07) is 7.53. The number of allylic oxidation sites excluding steroid dienone is 2. The maximum atomic E-state index is 11.1. The van der Waals surface area contributed by atoms with E-state index in [0.717, 1.165) is 22.7 Å². The van der Waals surface area contributed by atoms with Gasteiger partial charge in [0.2, 0.25) is 5.82 Å². The smallest absolute Gasteiger partial charge is 0.748 e. The molecule has 14 nitrogen and oxygen atoms in total. The van der Waals surface area contributed by atoms with E-state index in [1.165, 1.54) is 0 Å². The molecule has 0 spiro atoms. The molecule has 0 N–H and O–H groups in total. The van der Waals surface area contributed by atoms with Crippen LogP contribution in [-0.4, -0.2) is 75.5 Å². The van der Waals surface area contributed by atoms with E-state index < -0.39 is 31.7 Å². The zero-order chi connectivity index (χ0) is 30.8. The summed E-state index contributed by atoms with van der Waals surface area (Å²) in [6.07, 6.45) is 10.2. The summed E-state index contributed by atoms with van der Waals surface area (Å²) in [7, 11) is -4.87. The maximum Gasteiger partial charge on any atom is 1.00 e. The van der Waals surface area contributed by atoms with Crippen molar-refractivity contribution < 1.29 is 81.9 Å². The van der Waals surface area contributed by atoms with E-state index in [0.29, 0.717) is 48.9 Å². The van der Waals surface area contributed by atoms with Crippen molar-refractivity contribution in [1.82, 2.24) is 24.5 Å². The van der Waals surface area contributed by atoms with Crippen molar-refractivity contribution in [3.05, 3.63) is 60.5 Å². The minimum absolute atomic E-state index is 0. The molecular formula is C27H31KN8O6S2. The summed E-state index contributed by atoms with van der Waals surface area (Å²) in [6.45, 7) is 0.854. The van der Waals surface area contributed by atoms with Crippen LogP contribution in [0.15, 0.2) is 54.6 Å². The number of fused-ring (bicyclic) bond motifs is 3. The molecular weight excluding hydrogens is 636 g/mol. The quantitative estimate of drug-likeness (QED) is 0.0753. The Morgan fingerprint density at radius 2 is 1.45 bits per heavy atom. The number of imidazole rings is 1. The first kappa shape index (κ1) is 34.5. The van der Waals surface area contributed by atoms with Crippen molar-refractivity contribution >= 4 is 60.3 Å². The van der Waals surface area contributed by atoms with Gasteiger partial charge in [0, 0.05) is 31.2 Å². The predicted molar refractivity (Wildman–Crippen MR) is 159 cm³/mol. The number of anilines is 2. The van der Waals surface area contributed by atoms with E-state index in [-0.39, 0.29) is 64.2 Å². The van der Waals surface area contributed by atoms with Crippen LogP contribution in [0.3, 0.4) is 0 Å². The summed E-state index contributed by atoms with van der Waals surface area (Å²) in [5, 5.41) is 0. The molecule has 0 saturated carbocycles. The number of unbranched alkanes of at least 4 members (excludes halogenated alkanes) is 2. The average molecular weight is 667 g/mol. The van der Waals surface area contributed by atoms with Crippen LogP contribution in [0.5, 0.6) is 0 Å². The van der Waals surface area contributed by atoms with Gasteiger partial charge in [-0.05, 0) is 43.9 Å². The van der Waals surface area contributed by atoms with Gasteiger partial charge in [-0.2, -0.15) is 0 Å². The fourth-order valence-electron chi connectivity index (χ4n) is 5.10. The molecule has 1 aliphatic heterocycles. The van der Waals surface area contributed by atoms with Crippen molar-refractivity contribution in [2.24, 2.45) is 7.05 Å². The number of aromatic nitrogens is 6. The average Bonchev–Trinajstić information content (AvgIpc) is 3.36. The normalized spacial score (nSPS) is 14.7. The molecule has 5 rings (SSSR count). The predicted octanol–water partition coefficient (Wildman–Crippen LogP) is -1.34. The zero-order valence-electron chi connectivity index (χ0n) is 24.7. The second-order valence-electron chi connectivity index (χ2n) is 10.2. The molecule has 0 bridgehead atoms. The third-order valence-corrected chi connectivity index (χ3v) is 8.70. The fraction of sp³-hybridized carbons (Fsp3) is 0.370. The molecule has 44 heavy (non-hydrogen) atoms. The molecule has 228 valence electrons. The van der Waals surface area contributed by atoms with Gasteiger partial charge in [-0.1, -0.05) is 18.2 Å². The van der Waals surface area contributed by atoms with Crippen LogP contribution >= 0.6 is 0 Å². The van der Waals surface area contributed by atoms with Crippen LogP contribution in [0.4, 0.5) is 11.6 Å². The number of aryl methyl sites for hydroxylation is 2. The van der Waals surface area contributed by atoms with Crippen LogP contribution in [0.25, 0.3) is 28.4 Å². The third-order valence-electron chi connectivity index (χ3n) is 7.12. The van der Waals surface area contributed by atoms with Gasteiger partial charge in [0.25, 0.3) is 5.65 Å². The first-order valence-electron chi connectivity index (χ1n) is 13.7. The number of para-hydroxylation sites is 2.